The van der Waals surface area contributed by atoms with E-state index in [1.165, 1.54) is 24.3 Å². The lowest BCUT2D eigenvalue weighted by Crippen LogP contribution is -2.41. The number of urea groups is 1. The highest BCUT2D eigenvalue weighted by atomic mass is 16.5. The number of hydrazine groups is 1. The highest BCUT2D eigenvalue weighted by molar-refractivity contribution is 5.75. The summed E-state index contributed by atoms with van der Waals surface area (Å²) in [6, 6.07) is 13.4. The van der Waals surface area contributed by atoms with Crippen LogP contribution in [0.2, 0.25) is 0 Å². The second-order valence-corrected chi connectivity index (χ2v) is 8.63. The van der Waals surface area contributed by atoms with E-state index in [1.54, 1.807) is 19.0 Å². The molecule has 0 aliphatic heterocycles. The summed E-state index contributed by atoms with van der Waals surface area (Å²) in [6.45, 7) is 2.60. The molecular weight excluding hydrogens is 416 g/mol. The molecule has 8 heteroatoms. The second kappa shape index (κ2) is 11.6. The van der Waals surface area contributed by atoms with Gasteiger partial charge in [-0.25, -0.2) is 15.6 Å². The Labute approximate surface area is 196 Å². The van der Waals surface area contributed by atoms with Crippen LogP contribution in [0.4, 0.5) is 4.79 Å². The third-order valence-corrected chi connectivity index (χ3v) is 5.91. The molecule has 1 saturated carbocycles. The third kappa shape index (κ3) is 6.86. The smallest absolute Gasteiger partial charge is 0.317 e. The summed E-state index contributed by atoms with van der Waals surface area (Å²) >= 11 is 0. The minimum Gasteiger partial charge on any atom is -0.489 e. The molecular formula is C25H36N6O2. The Kier molecular flexibility index (Phi) is 8.54. The van der Waals surface area contributed by atoms with E-state index < -0.39 is 0 Å². The molecule has 1 aliphatic carbocycles. The summed E-state index contributed by atoms with van der Waals surface area (Å²) in [5.41, 5.74) is 9.84. The van der Waals surface area contributed by atoms with Crippen molar-refractivity contribution in [1.29, 1.82) is 0 Å². The normalized spacial score (nSPS) is 14.9. The zero-order valence-electron chi connectivity index (χ0n) is 19.9. The monoisotopic (exact) mass is 452 g/mol. The van der Waals surface area contributed by atoms with Gasteiger partial charge in [-0.15, -0.1) is 0 Å². The van der Waals surface area contributed by atoms with E-state index in [0.717, 1.165) is 29.8 Å². The van der Waals surface area contributed by atoms with Crippen molar-refractivity contribution in [1.82, 2.24) is 20.2 Å². The van der Waals surface area contributed by atoms with Gasteiger partial charge in [-0.3, -0.25) is 0 Å². The molecule has 0 bridgehead atoms. The zero-order valence-corrected chi connectivity index (χ0v) is 19.9. The van der Waals surface area contributed by atoms with Gasteiger partial charge in [0.1, 0.15) is 5.75 Å². The highest BCUT2D eigenvalue weighted by Crippen LogP contribution is 2.26. The van der Waals surface area contributed by atoms with Gasteiger partial charge in [-0.2, -0.15) is 0 Å². The van der Waals surface area contributed by atoms with Crippen molar-refractivity contribution in [2.75, 3.05) is 20.6 Å². The predicted molar refractivity (Wildman–Crippen MR) is 131 cm³/mol. The molecule has 0 unspecified atom stereocenters. The maximum Gasteiger partial charge on any atom is 0.317 e. The summed E-state index contributed by atoms with van der Waals surface area (Å²) in [7, 11) is 3.44. The molecule has 1 heterocycles. The Bertz CT molecular complexity index is 955. The molecule has 3 rings (SSSR count). The number of aryl methyl sites for hydroxylation is 1. The van der Waals surface area contributed by atoms with E-state index >= 15 is 0 Å². The molecule has 178 valence electrons. The average molecular weight is 453 g/mol. The summed E-state index contributed by atoms with van der Waals surface area (Å²) in [5.74, 6) is 6.82. The van der Waals surface area contributed by atoms with Crippen LogP contribution in [0, 0.1) is 6.92 Å². The van der Waals surface area contributed by atoms with Crippen LogP contribution in [0.3, 0.4) is 0 Å². The van der Waals surface area contributed by atoms with Crippen LogP contribution in [-0.4, -0.2) is 47.7 Å². The highest BCUT2D eigenvalue weighted by Gasteiger charge is 2.18. The quantitative estimate of drug-likeness (QED) is 0.418. The molecule has 0 radical (unpaired) electrons. The van der Waals surface area contributed by atoms with Crippen LogP contribution >= 0.6 is 0 Å². The summed E-state index contributed by atoms with van der Waals surface area (Å²) in [4.78, 5) is 18.8. The van der Waals surface area contributed by atoms with Crippen LogP contribution in [0.5, 0.6) is 5.75 Å². The fourth-order valence-electron chi connectivity index (χ4n) is 3.97. The lowest BCUT2D eigenvalue weighted by atomic mass is 9.98. The van der Waals surface area contributed by atoms with E-state index in [2.05, 4.69) is 10.3 Å². The van der Waals surface area contributed by atoms with Gasteiger partial charge in [0, 0.05) is 20.6 Å². The number of carbonyl (C=O) groups excluding carboxylic acids is 1. The first-order valence-corrected chi connectivity index (χ1v) is 11.5. The largest absolute Gasteiger partial charge is 0.489 e. The Morgan fingerprint density at radius 1 is 1.12 bits per heavy atom. The standard InChI is InChI=1S/C25H36N6O2/c1-18-23(33-20-12-8-5-9-13-20)15-14-21(29-18)24(26)22(31(3)27)16-28-25(32)30(2)17-19-10-6-4-7-11-19/h4,6-7,10-11,14-15,20H,5,8-9,12-13,16-17,26-27H2,1-3H3,(H,28,32)/b24-22-. The first kappa shape index (κ1) is 24.4. The SMILES string of the molecule is Cc1nc(/C(N)=C(\CNC(=O)N(C)Cc2ccccc2)N(C)N)ccc1OC1CCCCC1. The van der Waals surface area contributed by atoms with Crippen molar-refractivity contribution in [2.45, 2.75) is 51.7 Å². The number of benzene rings is 1. The van der Waals surface area contributed by atoms with Crippen molar-refractivity contribution in [3.8, 4) is 5.75 Å². The number of ether oxygens (including phenoxy) is 1. The maximum absolute atomic E-state index is 12.6. The molecule has 1 aromatic heterocycles. The van der Waals surface area contributed by atoms with Crippen molar-refractivity contribution in [3.63, 3.8) is 0 Å². The minimum atomic E-state index is -0.216. The van der Waals surface area contributed by atoms with E-state index in [1.807, 2.05) is 49.4 Å². The van der Waals surface area contributed by atoms with E-state index in [-0.39, 0.29) is 18.7 Å². The van der Waals surface area contributed by atoms with Gasteiger partial charge in [-0.1, -0.05) is 36.8 Å². The number of nitrogens with two attached hydrogens (primary N) is 2. The molecule has 1 aliphatic rings. The fraction of sp³-hybridized carbons (Fsp3) is 0.440. The van der Waals surface area contributed by atoms with Gasteiger partial charge in [-0.05, 0) is 50.3 Å². The van der Waals surface area contributed by atoms with Crippen LogP contribution in [0.25, 0.3) is 5.70 Å². The predicted octanol–water partition coefficient (Wildman–Crippen LogP) is 3.38. The first-order chi connectivity index (χ1) is 15.8. The third-order valence-electron chi connectivity index (χ3n) is 5.91. The lowest BCUT2D eigenvalue weighted by Gasteiger charge is -2.24. The van der Waals surface area contributed by atoms with Gasteiger partial charge >= 0.3 is 6.03 Å². The number of likely N-dealkylation sites (N-methyl/N-ethyl adjacent to an activating group) is 1. The van der Waals surface area contributed by atoms with Crippen molar-refractivity contribution in [3.05, 3.63) is 65.1 Å². The van der Waals surface area contributed by atoms with Crippen molar-refractivity contribution < 1.29 is 9.53 Å². The van der Waals surface area contributed by atoms with E-state index in [9.17, 15) is 4.79 Å². The van der Waals surface area contributed by atoms with Crippen molar-refractivity contribution in [2.24, 2.45) is 11.6 Å². The van der Waals surface area contributed by atoms with Gasteiger partial charge in [0.15, 0.2) is 0 Å². The van der Waals surface area contributed by atoms with Gasteiger partial charge in [0.05, 0.1) is 35.4 Å². The van der Waals surface area contributed by atoms with Crippen LogP contribution in [0.1, 0.15) is 49.1 Å². The fourth-order valence-corrected chi connectivity index (χ4v) is 3.97. The topological polar surface area (TPSA) is 110 Å². The summed E-state index contributed by atoms with van der Waals surface area (Å²) in [6.07, 6.45) is 6.14. The number of hydrogen-bond acceptors (Lipinski definition) is 6. The van der Waals surface area contributed by atoms with Gasteiger partial charge in [0.2, 0.25) is 0 Å². The Balaban J connectivity index is 1.66. The summed E-state index contributed by atoms with van der Waals surface area (Å²) < 4.78 is 6.17. The van der Waals surface area contributed by atoms with Gasteiger partial charge in [0.25, 0.3) is 0 Å². The molecule has 2 amide bonds. The molecule has 8 nitrogen and oxygen atoms in total. The first-order valence-electron chi connectivity index (χ1n) is 11.5. The number of carbonyl (C=O) groups is 1. The molecule has 2 aromatic rings. The van der Waals surface area contributed by atoms with Crippen LogP contribution in [0.15, 0.2) is 48.2 Å². The van der Waals surface area contributed by atoms with Crippen molar-refractivity contribution >= 4 is 11.7 Å². The lowest BCUT2D eigenvalue weighted by molar-refractivity contribution is 0.153. The van der Waals surface area contributed by atoms with Crippen LogP contribution < -0.4 is 21.6 Å². The number of amides is 2. The maximum atomic E-state index is 12.6. The molecule has 1 fully saturated rings. The zero-order chi connectivity index (χ0) is 23.8. The Morgan fingerprint density at radius 2 is 1.82 bits per heavy atom. The van der Waals surface area contributed by atoms with Crippen LogP contribution in [-0.2, 0) is 6.54 Å². The number of hydrogen-bond donors (Lipinski definition) is 3. The van der Waals surface area contributed by atoms with Gasteiger partial charge < -0.3 is 25.7 Å². The van der Waals surface area contributed by atoms with E-state index in [4.69, 9.17) is 16.3 Å². The second-order valence-electron chi connectivity index (χ2n) is 8.63. The number of nitrogens with zero attached hydrogens (tertiary/aromatic N) is 3. The number of aromatic nitrogens is 1. The Hall–Kier alpha value is -3.26. The van der Waals surface area contributed by atoms with E-state index in [0.29, 0.717) is 23.6 Å². The summed E-state index contributed by atoms with van der Waals surface area (Å²) in [5, 5.41) is 4.30. The molecule has 5 N–H and O–H groups in total. The molecule has 0 atom stereocenters. The number of rotatable bonds is 8. The Morgan fingerprint density at radius 3 is 2.45 bits per heavy atom. The molecule has 33 heavy (non-hydrogen) atoms. The molecule has 0 spiro atoms. The average Bonchev–Trinajstić information content (AvgIpc) is 2.81. The molecule has 1 aromatic carbocycles. The number of pyridine rings is 1. The number of nitrogens with one attached hydrogen (secondary N) is 1. The molecule has 0 saturated heterocycles. The minimum absolute atomic E-state index is 0.178.